The largest absolute Gasteiger partial charge is 0.497 e. The SMILES string of the molecule is COc1ccc(N2CCN([C@@H](c3ccc(Cl)cc3)[C@H](O)C(=O)c3c[nH]c4ccccc34)CC2)cc1. The third-order valence-electron chi connectivity index (χ3n) is 6.78. The van der Waals surface area contributed by atoms with Gasteiger partial charge in [-0.3, -0.25) is 9.69 Å². The van der Waals surface area contributed by atoms with Gasteiger partial charge in [-0.05, 0) is 48.0 Å². The first kappa shape index (κ1) is 23.4. The van der Waals surface area contributed by atoms with Crippen LogP contribution in [0.1, 0.15) is 22.0 Å². The number of fused-ring (bicyclic) bond motifs is 1. The van der Waals surface area contributed by atoms with Gasteiger partial charge in [-0.15, -0.1) is 0 Å². The number of rotatable bonds is 7. The highest BCUT2D eigenvalue weighted by Gasteiger charge is 2.35. The first-order valence-electron chi connectivity index (χ1n) is 11.7. The van der Waals surface area contributed by atoms with Crippen molar-refractivity contribution in [3.05, 3.63) is 95.1 Å². The van der Waals surface area contributed by atoms with Gasteiger partial charge < -0.3 is 19.7 Å². The summed E-state index contributed by atoms with van der Waals surface area (Å²) in [7, 11) is 1.66. The van der Waals surface area contributed by atoms with Gasteiger partial charge in [0, 0.05) is 59.6 Å². The Labute approximate surface area is 209 Å². The topological polar surface area (TPSA) is 68.8 Å². The number of Topliss-reactive ketones (excluding diaryl/α,β-unsaturated/α-hetero) is 1. The number of benzene rings is 3. The van der Waals surface area contributed by atoms with E-state index in [2.05, 4.69) is 26.9 Å². The van der Waals surface area contributed by atoms with Crippen LogP contribution in [-0.2, 0) is 0 Å². The number of nitrogens with zero attached hydrogens (tertiary/aromatic N) is 2. The van der Waals surface area contributed by atoms with Crippen molar-refractivity contribution >= 4 is 34.0 Å². The first-order chi connectivity index (χ1) is 17.0. The molecular weight excluding hydrogens is 462 g/mol. The number of hydrogen-bond donors (Lipinski definition) is 2. The van der Waals surface area contributed by atoms with Crippen molar-refractivity contribution < 1.29 is 14.6 Å². The van der Waals surface area contributed by atoms with Crippen molar-refractivity contribution in [2.75, 3.05) is 38.2 Å². The summed E-state index contributed by atoms with van der Waals surface area (Å²) < 4.78 is 5.27. The maximum atomic E-state index is 13.5. The monoisotopic (exact) mass is 489 g/mol. The van der Waals surface area contributed by atoms with Crippen LogP contribution >= 0.6 is 11.6 Å². The molecule has 2 heterocycles. The predicted octanol–water partition coefficient (Wildman–Crippen LogP) is 4.94. The Morgan fingerprint density at radius 1 is 0.971 bits per heavy atom. The zero-order chi connectivity index (χ0) is 24.4. The van der Waals surface area contributed by atoms with E-state index >= 15 is 0 Å². The molecule has 0 aliphatic carbocycles. The summed E-state index contributed by atoms with van der Waals surface area (Å²) in [6.07, 6.45) is 0.472. The molecule has 0 unspecified atom stereocenters. The minimum Gasteiger partial charge on any atom is -0.497 e. The smallest absolute Gasteiger partial charge is 0.195 e. The molecule has 2 N–H and O–H groups in total. The van der Waals surface area contributed by atoms with Crippen molar-refractivity contribution in [3.8, 4) is 5.75 Å². The molecule has 0 saturated carbocycles. The number of carbonyl (C=O) groups is 1. The lowest BCUT2D eigenvalue weighted by molar-refractivity contribution is 0.0366. The van der Waals surface area contributed by atoms with Gasteiger partial charge in [-0.2, -0.15) is 0 Å². The van der Waals surface area contributed by atoms with Crippen LogP contribution in [0.25, 0.3) is 10.9 Å². The van der Waals surface area contributed by atoms with E-state index in [1.807, 2.05) is 48.5 Å². The van der Waals surface area contributed by atoms with Crippen LogP contribution in [0.5, 0.6) is 5.75 Å². The van der Waals surface area contributed by atoms with E-state index in [1.165, 1.54) is 0 Å². The lowest BCUT2D eigenvalue weighted by Crippen LogP contribution is -2.51. The number of ketones is 1. The van der Waals surface area contributed by atoms with Gasteiger partial charge in [0.05, 0.1) is 13.2 Å². The fourth-order valence-corrected chi connectivity index (χ4v) is 5.01. The predicted molar refractivity (Wildman–Crippen MR) is 140 cm³/mol. The summed E-state index contributed by atoms with van der Waals surface area (Å²) in [5, 5.41) is 12.9. The van der Waals surface area contributed by atoms with Crippen molar-refractivity contribution in [2.45, 2.75) is 12.1 Å². The van der Waals surface area contributed by atoms with Crippen LogP contribution in [0, 0.1) is 0 Å². The number of anilines is 1. The molecule has 1 aliphatic heterocycles. The average molecular weight is 490 g/mol. The van der Waals surface area contributed by atoms with E-state index < -0.39 is 12.1 Å². The van der Waals surface area contributed by atoms with Gasteiger partial charge >= 0.3 is 0 Å². The third kappa shape index (κ3) is 4.78. The second-order valence-electron chi connectivity index (χ2n) is 8.77. The minimum absolute atomic E-state index is 0.292. The normalized spacial score (nSPS) is 16.3. The minimum atomic E-state index is -1.22. The molecule has 4 aromatic rings. The Kier molecular flexibility index (Phi) is 6.77. The highest BCUT2D eigenvalue weighted by molar-refractivity contribution is 6.30. The molecule has 1 fully saturated rings. The van der Waals surface area contributed by atoms with Crippen molar-refractivity contribution in [1.82, 2.24) is 9.88 Å². The van der Waals surface area contributed by atoms with E-state index in [9.17, 15) is 9.90 Å². The molecule has 35 heavy (non-hydrogen) atoms. The molecule has 1 saturated heterocycles. The first-order valence-corrected chi connectivity index (χ1v) is 12.1. The number of H-pyrrole nitrogens is 1. The molecule has 0 spiro atoms. The van der Waals surface area contributed by atoms with Crippen LogP contribution in [0.3, 0.4) is 0 Å². The van der Waals surface area contributed by atoms with Gasteiger partial charge in [-0.25, -0.2) is 0 Å². The molecule has 0 radical (unpaired) electrons. The quantitative estimate of drug-likeness (QED) is 0.360. The lowest BCUT2D eigenvalue weighted by atomic mass is 9.93. The maximum absolute atomic E-state index is 13.5. The number of halogens is 1. The number of aromatic amines is 1. The maximum Gasteiger partial charge on any atom is 0.195 e. The van der Waals surface area contributed by atoms with Crippen LogP contribution in [0.2, 0.25) is 5.02 Å². The Balaban J connectivity index is 1.39. The summed E-state index contributed by atoms with van der Waals surface area (Å²) in [5.74, 6) is 0.536. The van der Waals surface area contributed by atoms with Crippen molar-refractivity contribution in [1.29, 1.82) is 0 Å². The fourth-order valence-electron chi connectivity index (χ4n) is 4.88. The molecule has 180 valence electrons. The lowest BCUT2D eigenvalue weighted by Gasteiger charge is -2.41. The molecule has 0 amide bonds. The number of piperazine rings is 1. The Morgan fingerprint density at radius 3 is 2.34 bits per heavy atom. The highest BCUT2D eigenvalue weighted by Crippen LogP contribution is 2.31. The molecule has 1 aliphatic rings. The molecule has 7 heteroatoms. The van der Waals surface area contributed by atoms with Crippen LogP contribution in [-0.4, -0.2) is 60.2 Å². The van der Waals surface area contributed by atoms with E-state index in [-0.39, 0.29) is 5.78 Å². The van der Waals surface area contributed by atoms with Crippen LogP contribution in [0.4, 0.5) is 5.69 Å². The molecule has 2 atom stereocenters. The Bertz CT molecular complexity index is 1300. The number of hydrogen-bond acceptors (Lipinski definition) is 5. The van der Waals surface area contributed by atoms with Gasteiger partial charge in [0.25, 0.3) is 0 Å². The zero-order valence-electron chi connectivity index (χ0n) is 19.5. The summed E-state index contributed by atoms with van der Waals surface area (Å²) in [5.41, 5.74) is 3.38. The number of methoxy groups -OCH3 is 1. The molecule has 5 rings (SSSR count). The van der Waals surface area contributed by atoms with Crippen molar-refractivity contribution in [3.63, 3.8) is 0 Å². The van der Waals surface area contributed by atoms with Gasteiger partial charge in [0.1, 0.15) is 11.9 Å². The standard InChI is InChI=1S/C28H28ClN3O3/c1-35-22-12-10-21(11-13-22)31-14-16-32(17-15-31)26(19-6-8-20(29)9-7-19)28(34)27(33)24-18-30-25-5-3-2-4-23(24)25/h2-13,18,26,28,30,34H,14-17H2,1H3/t26-,28-/m0/s1. The van der Waals surface area contributed by atoms with Crippen LogP contribution in [0.15, 0.2) is 79.0 Å². The molecule has 0 bridgehead atoms. The molecule has 3 aromatic carbocycles. The summed E-state index contributed by atoms with van der Waals surface area (Å²) >= 11 is 6.14. The number of aromatic nitrogens is 1. The van der Waals surface area contributed by atoms with E-state index in [0.29, 0.717) is 23.7 Å². The molecule has 1 aromatic heterocycles. The second-order valence-corrected chi connectivity index (χ2v) is 9.21. The van der Waals surface area contributed by atoms with E-state index in [0.717, 1.165) is 41.0 Å². The highest BCUT2D eigenvalue weighted by atomic mass is 35.5. The molecular formula is C28H28ClN3O3. The van der Waals surface area contributed by atoms with E-state index in [1.54, 1.807) is 25.4 Å². The number of aliphatic hydroxyl groups is 1. The summed E-state index contributed by atoms with van der Waals surface area (Å²) in [6.45, 7) is 2.98. The Morgan fingerprint density at radius 2 is 1.66 bits per heavy atom. The van der Waals surface area contributed by atoms with E-state index in [4.69, 9.17) is 16.3 Å². The third-order valence-corrected chi connectivity index (χ3v) is 7.03. The Hall–Kier alpha value is -3.32. The average Bonchev–Trinajstić information content (AvgIpc) is 3.34. The fraction of sp³-hybridized carbons (Fsp3) is 0.250. The number of ether oxygens (including phenoxy) is 1. The van der Waals surface area contributed by atoms with Gasteiger partial charge in [0.2, 0.25) is 0 Å². The summed E-state index contributed by atoms with van der Waals surface area (Å²) in [4.78, 5) is 21.2. The van der Waals surface area contributed by atoms with Gasteiger partial charge in [0.15, 0.2) is 5.78 Å². The number of carbonyl (C=O) groups excluding carboxylic acids is 1. The van der Waals surface area contributed by atoms with Crippen LogP contribution < -0.4 is 9.64 Å². The number of aliphatic hydroxyl groups excluding tert-OH is 1. The number of para-hydroxylation sites is 1. The van der Waals surface area contributed by atoms with Crippen molar-refractivity contribution in [2.24, 2.45) is 0 Å². The number of nitrogens with one attached hydrogen (secondary N) is 1. The van der Waals surface area contributed by atoms with Gasteiger partial charge in [-0.1, -0.05) is 41.9 Å². The molecule has 6 nitrogen and oxygen atoms in total. The second kappa shape index (κ2) is 10.1. The summed E-state index contributed by atoms with van der Waals surface area (Å²) in [6, 6.07) is 22.6. The zero-order valence-corrected chi connectivity index (χ0v) is 20.3.